The first-order chi connectivity index (χ1) is 22.8. The van der Waals surface area contributed by atoms with Gasteiger partial charge in [-0.1, -0.05) is 36.4 Å². The Morgan fingerprint density at radius 2 is 1.73 bits per heavy atom. The molecule has 4 rings (SSSR count). The van der Waals surface area contributed by atoms with Gasteiger partial charge in [-0.25, -0.2) is 13.1 Å². The van der Waals surface area contributed by atoms with E-state index in [1.807, 2.05) is 6.07 Å². The van der Waals surface area contributed by atoms with Crippen molar-refractivity contribution in [1.82, 2.24) is 20.3 Å². The van der Waals surface area contributed by atoms with Crippen LogP contribution >= 0.6 is 0 Å². The van der Waals surface area contributed by atoms with E-state index in [-0.39, 0.29) is 49.8 Å². The van der Waals surface area contributed by atoms with Crippen LogP contribution in [0.2, 0.25) is 0 Å². The third-order valence-corrected chi connectivity index (χ3v) is 8.95. The number of aromatic amines is 1. The number of nitrogen functional groups attached to an aromatic ring is 1. The van der Waals surface area contributed by atoms with Crippen molar-refractivity contribution >= 4 is 44.5 Å². The average molecular weight is 678 g/mol. The minimum Gasteiger partial charge on any atom is -0.508 e. The normalized spacial score (nSPS) is 12.6. The van der Waals surface area contributed by atoms with Crippen molar-refractivity contribution in [3.63, 3.8) is 0 Å². The van der Waals surface area contributed by atoms with Crippen molar-refractivity contribution in [2.24, 2.45) is 11.5 Å². The minimum absolute atomic E-state index is 0.0757. The monoisotopic (exact) mass is 677 g/mol. The fraction of sp³-hybridized carbons (Fsp3) is 0.273. The maximum atomic E-state index is 13.7. The summed E-state index contributed by atoms with van der Waals surface area (Å²) in [7, 11) is -3.87. The van der Waals surface area contributed by atoms with E-state index in [9.17, 15) is 27.9 Å². The quantitative estimate of drug-likeness (QED) is 0.0602. The van der Waals surface area contributed by atoms with Crippen LogP contribution in [0.25, 0.3) is 10.9 Å². The topological polar surface area (TPSA) is 243 Å². The Kier molecular flexibility index (Phi) is 11.8. The zero-order chi connectivity index (χ0) is 34.8. The lowest BCUT2D eigenvalue weighted by Gasteiger charge is -2.23. The Bertz CT molecular complexity index is 1890. The molecule has 48 heavy (non-hydrogen) atoms. The summed E-state index contributed by atoms with van der Waals surface area (Å²) in [5.74, 6) is -1.79. The third-order valence-electron chi connectivity index (χ3n) is 7.54. The first kappa shape index (κ1) is 35.4. The summed E-state index contributed by atoms with van der Waals surface area (Å²) in [6.07, 6.45) is 1.27. The summed E-state index contributed by atoms with van der Waals surface area (Å²) >= 11 is 0. The molecule has 0 saturated heterocycles. The largest absolute Gasteiger partial charge is 0.508 e. The Balaban J connectivity index is 1.52. The Hall–Kier alpha value is -5.41. The standard InChI is InChI=1S/C33H39N7O7S/c1-2-48(45,46)40-29(15-23-18-37-27-11-10-25(16-26(23)27)47-19-21-4-3-5-24(41)14-21)33(44)39-28(12-13-30(34)42)32(43)38-17-20-6-8-22(9-7-20)31(35)36/h3-11,14,16,18,28-29,37,40-41H,2,12-13,15,17,19H2,1H3,(H2,34,42)(H3,35,36)(H,38,43)(H,39,44)/t28-,29+/m0/s1. The van der Waals surface area contributed by atoms with Crippen LogP contribution < -0.4 is 31.6 Å². The predicted octanol–water partition coefficient (Wildman–Crippen LogP) is 1.65. The molecule has 254 valence electrons. The van der Waals surface area contributed by atoms with E-state index in [1.54, 1.807) is 66.9 Å². The predicted molar refractivity (Wildman–Crippen MR) is 180 cm³/mol. The second kappa shape index (κ2) is 15.9. The number of ether oxygens (including phenoxy) is 1. The van der Waals surface area contributed by atoms with Crippen LogP contribution in [0.1, 0.15) is 42.0 Å². The van der Waals surface area contributed by atoms with Crippen molar-refractivity contribution in [3.05, 3.63) is 95.2 Å². The number of carbonyl (C=O) groups excluding carboxylic acids is 3. The fourth-order valence-corrected chi connectivity index (χ4v) is 5.67. The van der Waals surface area contributed by atoms with E-state index < -0.39 is 39.8 Å². The van der Waals surface area contributed by atoms with E-state index in [1.165, 1.54) is 6.92 Å². The second-order valence-electron chi connectivity index (χ2n) is 11.2. The molecule has 3 aromatic carbocycles. The number of nitrogens with one attached hydrogen (secondary N) is 5. The highest BCUT2D eigenvalue weighted by molar-refractivity contribution is 7.89. The molecule has 0 bridgehead atoms. The number of hydrogen-bond acceptors (Lipinski definition) is 8. The summed E-state index contributed by atoms with van der Waals surface area (Å²) in [5.41, 5.74) is 14.1. The smallest absolute Gasteiger partial charge is 0.242 e. The molecule has 0 spiro atoms. The first-order valence-electron chi connectivity index (χ1n) is 15.1. The Labute approximate surface area is 277 Å². The van der Waals surface area contributed by atoms with Gasteiger partial charge in [0.25, 0.3) is 0 Å². The van der Waals surface area contributed by atoms with Crippen LogP contribution in [0.15, 0.2) is 72.9 Å². The van der Waals surface area contributed by atoms with Gasteiger partial charge in [0.15, 0.2) is 0 Å². The van der Waals surface area contributed by atoms with Crippen LogP contribution in [0.5, 0.6) is 11.5 Å². The number of nitrogens with two attached hydrogens (primary N) is 2. The van der Waals surface area contributed by atoms with Gasteiger partial charge in [0.05, 0.1) is 5.75 Å². The minimum atomic E-state index is -3.87. The highest BCUT2D eigenvalue weighted by Crippen LogP contribution is 2.26. The first-order valence-corrected chi connectivity index (χ1v) is 16.8. The van der Waals surface area contributed by atoms with Gasteiger partial charge < -0.3 is 36.9 Å². The molecule has 1 aromatic heterocycles. The average Bonchev–Trinajstić information content (AvgIpc) is 3.45. The molecule has 0 unspecified atom stereocenters. The van der Waals surface area contributed by atoms with Crippen LogP contribution in [-0.2, 0) is 44.0 Å². The SMILES string of the molecule is CCS(=O)(=O)N[C@H](Cc1c[nH]c2ccc(OCc3cccc(O)c3)cc12)C(=O)N[C@@H](CCC(N)=O)C(=O)NCc1ccc(C(=N)N)cc1. The van der Waals surface area contributed by atoms with Gasteiger partial charge in [-0.05, 0) is 66.8 Å². The second-order valence-corrected chi connectivity index (χ2v) is 13.2. The summed E-state index contributed by atoms with van der Waals surface area (Å²) in [5, 5.41) is 23.3. The van der Waals surface area contributed by atoms with Crippen LogP contribution in [0.3, 0.4) is 0 Å². The lowest BCUT2D eigenvalue weighted by Crippen LogP contribution is -2.54. The zero-order valence-corrected chi connectivity index (χ0v) is 27.1. The number of amidine groups is 1. The molecule has 14 nitrogen and oxygen atoms in total. The maximum absolute atomic E-state index is 13.7. The van der Waals surface area contributed by atoms with Crippen LogP contribution in [0.4, 0.5) is 0 Å². The number of sulfonamides is 1. The molecule has 0 radical (unpaired) electrons. The van der Waals surface area contributed by atoms with E-state index >= 15 is 0 Å². The summed E-state index contributed by atoms with van der Waals surface area (Å²) < 4.78 is 33.7. The number of aromatic hydroxyl groups is 1. The molecule has 10 N–H and O–H groups in total. The molecule has 0 aliphatic heterocycles. The lowest BCUT2D eigenvalue weighted by atomic mass is 10.0. The number of benzene rings is 3. The van der Waals surface area contributed by atoms with Gasteiger partial charge in [-0.3, -0.25) is 19.8 Å². The maximum Gasteiger partial charge on any atom is 0.242 e. The number of carbonyl (C=O) groups is 3. The molecule has 1 heterocycles. The molecular weight excluding hydrogens is 638 g/mol. The number of primary amides is 1. The number of phenolic OH excluding ortho intramolecular Hbond substituents is 1. The highest BCUT2D eigenvalue weighted by atomic mass is 32.2. The van der Waals surface area contributed by atoms with E-state index in [0.29, 0.717) is 27.8 Å². The molecule has 0 fully saturated rings. The molecule has 0 saturated carbocycles. The van der Waals surface area contributed by atoms with Crippen molar-refractivity contribution in [3.8, 4) is 11.5 Å². The number of H-pyrrole nitrogens is 1. The zero-order valence-electron chi connectivity index (χ0n) is 26.3. The van der Waals surface area contributed by atoms with Gasteiger partial charge in [-0.2, -0.15) is 0 Å². The Morgan fingerprint density at radius 1 is 0.979 bits per heavy atom. The van der Waals surface area contributed by atoms with E-state index in [0.717, 1.165) is 11.1 Å². The van der Waals surface area contributed by atoms with Gasteiger partial charge in [0, 0.05) is 35.6 Å². The van der Waals surface area contributed by atoms with Crippen LogP contribution in [-0.4, -0.2) is 59.9 Å². The van der Waals surface area contributed by atoms with Gasteiger partial charge in [-0.15, -0.1) is 0 Å². The molecule has 4 aromatic rings. The number of aromatic nitrogens is 1. The third kappa shape index (κ3) is 10.0. The molecular formula is C33H39N7O7S. The molecule has 2 atom stereocenters. The molecule has 0 aliphatic rings. The number of rotatable bonds is 17. The summed E-state index contributed by atoms with van der Waals surface area (Å²) in [6.45, 7) is 1.71. The van der Waals surface area contributed by atoms with Gasteiger partial charge in [0.1, 0.15) is 36.0 Å². The molecule has 0 aliphatic carbocycles. The fourth-order valence-electron chi connectivity index (χ4n) is 4.88. The van der Waals surface area contributed by atoms with Crippen molar-refractivity contribution in [2.75, 3.05) is 5.75 Å². The van der Waals surface area contributed by atoms with Crippen LogP contribution in [0, 0.1) is 5.41 Å². The summed E-state index contributed by atoms with van der Waals surface area (Å²) in [6, 6.07) is 16.1. The number of phenols is 1. The molecule has 15 heteroatoms. The highest BCUT2D eigenvalue weighted by Gasteiger charge is 2.29. The van der Waals surface area contributed by atoms with Crippen molar-refractivity contribution in [1.29, 1.82) is 5.41 Å². The Morgan fingerprint density at radius 3 is 2.40 bits per heavy atom. The van der Waals surface area contributed by atoms with E-state index in [2.05, 4.69) is 20.3 Å². The number of fused-ring (bicyclic) bond motifs is 1. The van der Waals surface area contributed by atoms with Crippen molar-refractivity contribution < 1.29 is 32.6 Å². The van der Waals surface area contributed by atoms with Gasteiger partial charge >= 0.3 is 0 Å². The summed E-state index contributed by atoms with van der Waals surface area (Å²) in [4.78, 5) is 41.6. The van der Waals surface area contributed by atoms with Crippen molar-refractivity contribution in [2.45, 2.75) is 51.4 Å². The number of amides is 3. The lowest BCUT2D eigenvalue weighted by molar-refractivity contribution is -0.130. The molecule has 3 amide bonds. The number of hydrogen-bond donors (Lipinski definition) is 8. The van der Waals surface area contributed by atoms with Gasteiger partial charge in [0.2, 0.25) is 27.7 Å². The van der Waals surface area contributed by atoms with E-state index in [4.69, 9.17) is 21.6 Å².